The zero-order valence-electron chi connectivity index (χ0n) is 9.97. The molecule has 0 unspecified atom stereocenters. The van der Waals surface area contributed by atoms with Crippen LogP contribution in [-0.2, 0) is 4.84 Å². The van der Waals surface area contributed by atoms with Gasteiger partial charge in [0.15, 0.2) is 0 Å². The normalized spacial score (nSPS) is 21.4. The van der Waals surface area contributed by atoms with Crippen molar-refractivity contribution in [3.05, 3.63) is 0 Å². The van der Waals surface area contributed by atoms with Crippen molar-refractivity contribution in [3.8, 4) is 0 Å². The maximum atomic E-state index is 5.57. The summed E-state index contributed by atoms with van der Waals surface area (Å²) in [6, 6.07) is 0.539. The van der Waals surface area contributed by atoms with Gasteiger partial charge in [-0.1, -0.05) is 6.92 Å². The van der Waals surface area contributed by atoms with E-state index in [9.17, 15) is 0 Å². The minimum Gasteiger partial charge on any atom is -0.303 e. The molecule has 1 fully saturated rings. The summed E-state index contributed by atoms with van der Waals surface area (Å²) in [6.07, 6.45) is 2.40. The minimum absolute atomic E-state index is 0.0815. The first kappa shape index (κ1) is 12.0. The van der Waals surface area contributed by atoms with Gasteiger partial charge in [-0.2, -0.15) is 5.48 Å². The number of piperidine rings is 1. The lowest BCUT2D eigenvalue weighted by molar-refractivity contribution is -0.0951. The first-order valence-electron chi connectivity index (χ1n) is 5.67. The molecule has 0 saturated carbocycles. The molecule has 1 N–H and O–H groups in total. The lowest BCUT2D eigenvalue weighted by Crippen LogP contribution is -2.44. The van der Waals surface area contributed by atoms with Gasteiger partial charge < -0.3 is 4.90 Å². The van der Waals surface area contributed by atoms with E-state index in [4.69, 9.17) is 4.84 Å². The highest BCUT2D eigenvalue weighted by molar-refractivity contribution is 4.74. The molecule has 0 radical (unpaired) electrons. The molecule has 0 aromatic carbocycles. The largest absolute Gasteiger partial charge is 0.303 e. The van der Waals surface area contributed by atoms with Crippen LogP contribution in [0.5, 0.6) is 0 Å². The van der Waals surface area contributed by atoms with Crippen LogP contribution in [0, 0.1) is 0 Å². The third-order valence-corrected chi connectivity index (χ3v) is 2.57. The SMILES string of the molecule is CCN1CCC(NOC(C)(C)C)CC1. The van der Waals surface area contributed by atoms with Crippen molar-refractivity contribution >= 4 is 0 Å². The van der Waals surface area contributed by atoms with E-state index in [1.165, 1.54) is 32.5 Å². The summed E-state index contributed by atoms with van der Waals surface area (Å²) in [5.74, 6) is 0. The third-order valence-electron chi connectivity index (χ3n) is 2.57. The molecule has 0 atom stereocenters. The van der Waals surface area contributed by atoms with Crippen molar-refractivity contribution in [1.82, 2.24) is 10.4 Å². The van der Waals surface area contributed by atoms with Crippen LogP contribution in [0.3, 0.4) is 0 Å². The summed E-state index contributed by atoms with van der Waals surface area (Å²) < 4.78 is 0. The molecule has 0 spiro atoms. The van der Waals surface area contributed by atoms with E-state index in [2.05, 4.69) is 38.1 Å². The molecule has 0 bridgehead atoms. The van der Waals surface area contributed by atoms with Gasteiger partial charge in [0.2, 0.25) is 0 Å². The minimum atomic E-state index is -0.0815. The molecule has 1 aliphatic heterocycles. The highest BCUT2D eigenvalue weighted by Gasteiger charge is 2.20. The number of hydroxylamine groups is 1. The van der Waals surface area contributed by atoms with Crippen LogP contribution >= 0.6 is 0 Å². The number of hydrogen-bond acceptors (Lipinski definition) is 3. The van der Waals surface area contributed by atoms with Crippen LogP contribution in [-0.4, -0.2) is 36.2 Å². The van der Waals surface area contributed by atoms with E-state index in [1.54, 1.807) is 0 Å². The first-order chi connectivity index (χ1) is 6.51. The molecule has 1 rings (SSSR count). The van der Waals surface area contributed by atoms with Gasteiger partial charge in [0.25, 0.3) is 0 Å². The van der Waals surface area contributed by atoms with Gasteiger partial charge in [-0.15, -0.1) is 0 Å². The number of hydrogen-bond donors (Lipinski definition) is 1. The molecule has 0 aliphatic carbocycles. The average molecular weight is 200 g/mol. The summed E-state index contributed by atoms with van der Waals surface area (Å²) >= 11 is 0. The molecule has 0 aromatic rings. The van der Waals surface area contributed by atoms with Crippen molar-refractivity contribution in [2.45, 2.75) is 52.2 Å². The second kappa shape index (κ2) is 5.10. The number of nitrogens with one attached hydrogen (secondary N) is 1. The Kier molecular flexibility index (Phi) is 4.35. The summed E-state index contributed by atoms with van der Waals surface area (Å²) in [5, 5.41) is 0. The highest BCUT2D eigenvalue weighted by atomic mass is 16.7. The fraction of sp³-hybridized carbons (Fsp3) is 1.00. The Labute approximate surface area is 87.8 Å². The van der Waals surface area contributed by atoms with E-state index in [-0.39, 0.29) is 5.60 Å². The molecule has 3 heteroatoms. The molecule has 3 nitrogen and oxygen atoms in total. The fourth-order valence-electron chi connectivity index (χ4n) is 1.63. The van der Waals surface area contributed by atoms with Gasteiger partial charge in [-0.25, -0.2) is 0 Å². The summed E-state index contributed by atoms with van der Waals surface area (Å²) in [6.45, 7) is 12.0. The smallest absolute Gasteiger partial charge is 0.0813 e. The standard InChI is InChI=1S/C11H24N2O/c1-5-13-8-6-10(7-9-13)12-14-11(2,3)4/h10,12H,5-9H2,1-4H3. The predicted molar refractivity (Wildman–Crippen MR) is 59.1 cm³/mol. The number of rotatable bonds is 3. The predicted octanol–water partition coefficient (Wildman–Crippen LogP) is 1.79. The van der Waals surface area contributed by atoms with Crippen molar-refractivity contribution in [2.24, 2.45) is 0 Å². The monoisotopic (exact) mass is 200 g/mol. The second-order valence-corrected chi connectivity index (χ2v) is 5.04. The zero-order chi connectivity index (χ0) is 10.6. The first-order valence-corrected chi connectivity index (χ1v) is 5.67. The molecular formula is C11H24N2O. The van der Waals surface area contributed by atoms with E-state index in [0.717, 1.165) is 0 Å². The molecule has 14 heavy (non-hydrogen) atoms. The molecule has 0 amide bonds. The van der Waals surface area contributed by atoms with Crippen molar-refractivity contribution in [2.75, 3.05) is 19.6 Å². The van der Waals surface area contributed by atoms with Crippen molar-refractivity contribution < 1.29 is 4.84 Å². The van der Waals surface area contributed by atoms with Gasteiger partial charge in [-0.05, 0) is 53.2 Å². The average Bonchev–Trinajstić information content (AvgIpc) is 2.14. The quantitative estimate of drug-likeness (QED) is 0.703. The molecule has 0 aromatic heterocycles. The molecule has 1 aliphatic rings. The second-order valence-electron chi connectivity index (χ2n) is 5.04. The van der Waals surface area contributed by atoms with Crippen LogP contribution in [0.25, 0.3) is 0 Å². The van der Waals surface area contributed by atoms with Gasteiger partial charge >= 0.3 is 0 Å². The lowest BCUT2D eigenvalue weighted by Gasteiger charge is -2.33. The molecular weight excluding hydrogens is 176 g/mol. The maximum Gasteiger partial charge on any atom is 0.0813 e. The van der Waals surface area contributed by atoms with Gasteiger partial charge in [0.1, 0.15) is 0 Å². The van der Waals surface area contributed by atoms with E-state index >= 15 is 0 Å². The Bertz CT molecular complexity index is 157. The lowest BCUT2D eigenvalue weighted by atomic mass is 10.1. The zero-order valence-corrected chi connectivity index (χ0v) is 9.97. The molecule has 84 valence electrons. The van der Waals surface area contributed by atoms with Gasteiger partial charge in [0, 0.05) is 6.04 Å². The van der Waals surface area contributed by atoms with Gasteiger partial charge in [0.05, 0.1) is 5.60 Å². The van der Waals surface area contributed by atoms with Crippen LogP contribution in [0.4, 0.5) is 0 Å². The summed E-state index contributed by atoms with van der Waals surface area (Å²) in [7, 11) is 0. The van der Waals surface area contributed by atoms with E-state index in [0.29, 0.717) is 6.04 Å². The third kappa shape index (κ3) is 4.40. The Morgan fingerprint density at radius 2 is 1.86 bits per heavy atom. The number of likely N-dealkylation sites (tertiary alicyclic amines) is 1. The van der Waals surface area contributed by atoms with Crippen LogP contribution in [0.2, 0.25) is 0 Å². The molecule has 1 saturated heterocycles. The number of nitrogens with zero attached hydrogens (tertiary/aromatic N) is 1. The summed E-state index contributed by atoms with van der Waals surface area (Å²) in [5.41, 5.74) is 3.10. The Balaban J connectivity index is 2.16. The van der Waals surface area contributed by atoms with Crippen molar-refractivity contribution in [3.63, 3.8) is 0 Å². The highest BCUT2D eigenvalue weighted by Crippen LogP contribution is 2.12. The Hall–Kier alpha value is -0.120. The van der Waals surface area contributed by atoms with E-state index in [1.807, 2.05) is 0 Å². The Morgan fingerprint density at radius 3 is 2.29 bits per heavy atom. The molecule has 1 heterocycles. The van der Waals surface area contributed by atoms with Crippen molar-refractivity contribution in [1.29, 1.82) is 0 Å². The Morgan fingerprint density at radius 1 is 1.29 bits per heavy atom. The van der Waals surface area contributed by atoms with Crippen LogP contribution in [0.15, 0.2) is 0 Å². The fourth-order valence-corrected chi connectivity index (χ4v) is 1.63. The topological polar surface area (TPSA) is 24.5 Å². The van der Waals surface area contributed by atoms with Gasteiger partial charge in [-0.3, -0.25) is 4.84 Å². The summed E-state index contributed by atoms with van der Waals surface area (Å²) in [4.78, 5) is 8.05. The van der Waals surface area contributed by atoms with Crippen LogP contribution < -0.4 is 5.48 Å². The van der Waals surface area contributed by atoms with Crippen LogP contribution in [0.1, 0.15) is 40.5 Å². The maximum absolute atomic E-state index is 5.57. The van der Waals surface area contributed by atoms with E-state index < -0.39 is 0 Å².